The predicted molar refractivity (Wildman–Crippen MR) is 62.3 cm³/mol. The molecule has 1 rings (SSSR count). The number of rotatable bonds is 3. The molecule has 0 radical (unpaired) electrons. The topological polar surface area (TPSA) is 29.3 Å². The third-order valence-corrected chi connectivity index (χ3v) is 3.60. The Morgan fingerprint density at radius 2 is 2.07 bits per heavy atom. The van der Waals surface area contributed by atoms with Crippen LogP contribution in [-0.2, 0) is 0 Å². The van der Waals surface area contributed by atoms with Gasteiger partial charge in [0.2, 0.25) is 0 Å². The molecule has 14 heavy (non-hydrogen) atoms. The van der Waals surface area contributed by atoms with Gasteiger partial charge in [0.1, 0.15) is 0 Å². The highest BCUT2D eigenvalue weighted by Crippen LogP contribution is 2.29. The highest BCUT2D eigenvalue weighted by molar-refractivity contribution is 4.85. The molecule has 0 aromatic heterocycles. The van der Waals surface area contributed by atoms with Crippen LogP contribution < -0.4 is 5.73 Å². The van der Waals surface area contributed by atoms with Crippen molar-refractivity contribution in [3.05, 3.63) is 0 Å². The van der Waals surface area contributed by atoms with Crippen LogP contribution in [0, 0.1) is 5.41 Å². The molecule has 1 aliphatic heterocycles. The number of piperidine rings is 1. The summed E-state index contributed by atoms with van der Waals surface area (Å²) in [6.07, 6.45) is 3.77. The normalized spacial score (nSPS) is 27.2. The molecule has 0 bridgehead atoms. The highest BCUT2D eigenvalue weighted by Gasteiger charge is 2.30. The SMILES string of the molecule is CCC(N)C(C)N1CCCC(C)(C)C1. The van der Waals surface area contributed by atoms with Gasteiger partial charge in [-0.2, -0.15) is 0 Å². The minimum absolute atomic E-state index is 0.337. The number of nitrogens with two attached hydrogens (primary N) is 1. The fraction of sp³-hybridized carbons (Fsp3) is 1.00. The molecule has 1 heterocycles. The van der Waals surface area contributed by atoms with Crippen molar-refractivity contribution in [1.82, 2.24) is 4.90 Å². The van der Waals surface area contributed by atoms with E-state index in [1.165, 1.54) is 25.9 Å². The maximum absolute atomic E-state index is 6.09. The zero-order valence-corrected chi connectivity index (χ0v) is 10.2. The largest absolute Gasteiger partial charge is 0.326 e. The van der Waals surface area contributed by atoms with Gasteiger partial charge in [0, 0.05) is 18.6 Å². The van der Waals surface area contributed by atoms with Gasteiger partial charge in [-0.3, -0.25) is 4.90 Å². The van der Waals surface area contributed by atoms with Crippen LogP contribution in [0.4, 0.5) is 0 Å². The smallest absolute Gasteiger partial charge is 0.0219 e. The first-order chi connectivity index (χ1) is 6.46. The van der Waals surface area contributed by atoms with E-state index in [1.54, 1.807) is 0 Å². The summed E-state index contributed by atoms with van der Waals surface area (Å²) in [5.41, 5.74) is 6.58. The third-order valence-electron chi connectivity index (χ3n) is 3.60. The van der Waals surface area contributed by atoms with Crippen molar-refractivity contribution in [3.63, 3.8) is 0 Å². The summed E-state index contributed by atoms with van der Waals surface area (Å²) in [5, 5.41) is 0. The number of hydrogen-bond donors (Lipinski definition) is 1. The molecule has 1 saturated heterocycles. The van der Waals surface area contributed by atoms with E-state index < -0.39 is 0 Å². The summed E-state index contributed by atoms with van der Waals surface area (Å²) in [7, 11) is 0. The fourth-order valence-electron chi connectivity index (χ4n) is 2.43. The number of likely N-dealkylation sites (tertiary alicyclic amines) is 1. The molecular weight excluding hydrogens is 172 g/mol. The minimum Gasteiger partial charge on any atom is -0.326 e. The number of hydrogen-bond acceptors (Lipinski definition) is 2. The van der Waals surface area contributed by atoms with E-state index in [-0.39, 0.29) is 0 Å². The van der Waals surface area contributed by atoms with Crippen molar-refractivity contribution < 1.29 is 0 Å². The summed E-state index contributed by atoms with van der Waals surface area (Å²) in [6, 6.07) is 0.878. The van der Waals surface area contributed by atoms with Gasteiger partial charge >= 0.3 is 0 Å². The molecule has 1 aliphatic rings. The van der Waals surface area contributed by atoms with Crippen molar-refractivity contribution in [2.24, 2.45) is 11.1 Å². The van der Waals surface area contributed by atoms with E-state index in [4.69, 9.17) is 5.73 Å². The molecule has 2 nitrogen and oxygen atoms in total. The van der Waals surface area contributed by atoms with Crippen LogP contribution in [0.25, 0.3) is 0 Å². The average molecular weight is 198 g/mol. The fourth-order valence-corrected chi connectivity index (χ4v) is 2.43. The molecule has 84 valence electrons. The van der Waals surface area contributed by atoms with Gasteiger partial charge in [-0.15, -0.1) is 0 Å². The molecule has 2 unspecified atom stereocenters. The molecule has 0 spiro atoms. The lowest BCUT2D eigenvalue weighted by molar-refractivity contribution is 0.0737. The average Bonchev–Trinajstić information content (AvgIpc) is 2.14. The summed E-state index contributed by atoms with van der Waals surface area (Å²) in [4.78, 5) is 2.57. The van der Waals surface area contributed by atoms with Gasteiger partial charge in [0.25, 0.3) is 0 Å². The molecule has 0 aliphatic carbocycles. The van der Waals surface area contributed by atoms with Gasteiger partial charge in [-0.05, 0) is 38.1 Å². The van der Waals surface area contributed by atoms with Gasteiger partial charge in [0.05, 0.1) is 0 Å². The molecule has 0 amide bonds. The Kier molecular flexibility index (Phi) is 3.96. The minimum atomic E-state index is 0.337. The lowest BCUT2D eigenvalue weighted by Crippen LogP contribution is -2.51. The van der Waals surface area contributed by atoms with Crippen molar-refractivity contribution in [1.29, 1.82) is 0 Å². The lowest BCUT2D eigenvalue weighted by atomic mass is 9.83. The molecule has 0 aromatic carbocycles. The summed E-state index contributed by atoms with van der Waals surface area (Å²) < 4.78 is 0. The summed E-state index contributed by atoms with van der Waals surface area (Å²) >= 11 is 0. The second kappa shape index (κ2) is 4.63. The highest BCUT2D eigenvalue weighted by atomic mass is 15.2. The first-order valence-corrected chi connectivity index (χ1v) is 5.96. The van der Waals surface area contributed by atoms with Gasteiger partial charge < -0.3 is 5.73 Å². The Balaban J connectivity index is 2.51. The van der Waals surface area contributed by atoms with E-state index in [0.717, 1.165) is 6.42 Å². The van der Waals surface area contributed by atoms with Crippen LogP contribution in [0.5, 0.6) is 0 Å². The van der Waals surface area contributed by atoms with E-state index in [2.05, 4.69) is 32.6 Å². The molecule has 2 atom stereocenters. The lowest BCUT2D eigenvalue weighted by Gasteiger charge is -2.42. The molecule has 1 fully saturated rings. The predicted octanol–water partition coefficient (Wildman–Crippen LogP) is 2.23. The standard InChI is InChI=1S/C12H26N2/c1-5-11(13)10(2)14-8-6-7-12(3,4)9-14/h10-11H,5-9,13H2,1-4H3. The van der Waals surface area contributed by atoms with Crippen LogP contribution in [-0.4, -0.2) is 30.1 Å². The first kappa shape index (κ1) is 12.0. The Morgan fingerprint density at radius 3 is 2.57 bits per heavy atom. The molecule has 0 saturated carbocycles. The van der Waals surface area contributed by atoms with Crippen molar-refractivity contribution in [2.45, 2.75) is 59.0 Å². The molecule has 2 heteroatoms. The zero-order valence-electron chi connectivity index (χ0n) is 10.2. The maximum Gasteiger partial charge on any atom is 0.0219 e. The van der Waals surface area contributed by atoms with E-state index in [1.807, 2.05) is 0 Å². The van der Waals surface area contributed by atoms with Crippen molar-refractivity contribution in [2.75, 3.05) is 13.1 Å². The van der Waals surface area contributed by atoms with Crippen molar-refractivity contribution >= 4 is 0 Å². The molecule has 2 N–H and O–H groups in total. The Labute approximate surface area is 88.8 Å². The second-order valence-electron chi connectivity index (χ2n) is 5.55. The number of nitrogens with zero attached hydrogens (tertiary/aromatic N) is 1. The monoisotopic (exact) mass is 198 g/mol. The van der Waals surface area contributed by atoms with E-state index >= 15 is 0 Å². The molecular formula is C12H26N2. The maximum atomic E-state index is 6.09. The first-order valence-electron chi connectivity index (χ1n) is 5.96. The summed E-state index contributed by atoms with van der Waals surface area (Å²) in [6.45, 7) is 11.6. The van der Waals surface area contributed by atoms with Crippen LogP contribution in [0.1, 0.15) is 47.0 Å². The van der Waals surface area contributed by atoms with E-state index in [9.17, 15) is 0 Å². The van der Waals surface area contributed by atoms with Crippen LogP contribution in [0.3, 0.4) is 0 Å². The third kappa shape index (κ3) is 2.96. The van der Waals surface area contributed by atoms with Gasteiger partial charge in [-0.25, -0.2) is 0 Å². The Morgan fingerprint density at radius 1 is 1.43 bits per heavy atom. The van der Waals surface area contributed by atoms with Crippen LogP contribution in [0.15, 0.2) is 0 Å². The Hall–Kier alpha value is -0.0800. The second-order valence-corrected chi connectivity index (χ2v) is 5.55. The van der Waals surface area contributed by atoms with Crippen LogP contribution >= 0.6 is 0 Å². The summed E-state index contributed by atoms with van der Waals surface area (Å²) in [5.74, 6) is 0. The van der Waals surface area contributed by atoms with Gasteiger partial charge in [-0.1, -0.05) is 20.8 Å². The van der Waals surface area contributed by atoms with E-state index in [0.29, 0.717) is 17.5 Å². The van der Waals surface area contributed by atoms with Crippen molar-refractivity contribution in [3.8, 4) is 0 Å². The molecule has 0 aromatic rings. The quantitative estimate of drug-likeness (QED) is 0.753. The van der Waals surface area contributed by atoms with Crippen LogP contribution in [0.2, 0.25) is 0 Å². The Bertz CT molecular complexity index is 177. The zero-order chi connectivity index (χ0) is 10.8. The van der Waals surface area contributed by atoms with Gasteiger partial charge in [0.15, 0.2) is 0 Å².